The molecule has 5 atom stereocenters. The van der Waals surface area contributed by atoms with E-state index in [1.54, 1.807) is 11.8 Å². The third-order valence-electron chi connectivity index (χ3n) is 5.87. The molecule has 1 saturated heterocycles. The third kappa shape index (κ3) is 2.39. The molecule has 2 saturated carbocycles. The van der Waals surface area contributed by atoms with Crippen molar-refractivity contribution in [1.82, 2.24) is 9.80 Å². The molecule has 1 aromatic rings. The van der Waals surface area contributed by atoms with Crippen molar-refractivity contribution in [2.24, 2.45) is 17.8 Å². The number of likely N-dealkylation sites (tertiary alicyclic amines) is 1. The molecule has 1 heterocycles. The van der Waals surface area contributed by atoms with Crippen LogP contribution < -0.4 is 0 Å². The van der Waals surface area contributed by atoms with Gasteiger partial charge in [0.15, 0.2) is 0 Å². The van der Waals surface area contributed by atoms with Crippen LogP contribution in [0.4, 0.5) is 8.78 Å². The minimum absolute atomic E-state index is 0.0568. The summed E-state index contributed by atoms with van der Waals surface area (Å²) in [5.41, 5.74) is 0.438. The first kappa shape index (κ1) is 15.5. The highest BCUT2D eigenvalue weighted by atomic mass is 19.1. The van der Waals surface area contributed by atoms with E-state index in [4.69, 9.17) is 0 Å². The molecule has 0 spiro atoms. The number of halogens is 2. The highest BCUT2D eigenvalue weighted by Crippen LogP contribution is 2.53. The SMILES string of the molecule is CC(=O)N(C)C1[C@H]2CN(C(=O)[C@@H]3C[C@H]3c3ccc(F)cc3F)C[C@@H]12. The zero-order chi connectivity index (χ0) is 17.2. The molecule has 3 fully saturated rings. The highest BCUT2D eigenvalue weighted by molar-refractivity contribution is 5.83. The number of hydrogen-bond acceptors (Lipinski definition) is 2. The van der Waals surface area contributed by atoms with Crippen molar-refractivity contribution >= 4 is 11.8 Å². The quantitative estimate of drug-likeness (QED) is 0.848. The monoisotopic (exact) mass is 334 g/mol. The van der Waals surface area contributed by atoms with Crippen LogP contribution in [0.3, 0.4) is 0 Å². The molecule has 2 amide bonds. The zero-order valence-electron chi connectivity index (χ0n) is 13.7. The van der Waals surface area contributed by atoms with E-state index in [0.29, 0.717) is 36.9 Å². The van der Waals surface area contributed by atoms with Gasteiger partial charge in [-0.1, -0.05) is 6.07 Å². The highest BCUT2D eigenvalue weighted by Gasteiger charge is 2.60. The van der Waals surface area contributed by atoms with E-state index in [1.165, 1.54) is 12.1 Å². The van der Waals surface area contributed by atoms with Gasteiger partial charge >= 0.3 is 0 Å². The van der Waals surface area contributed by atoms with Crippen LogP contribution in [0.5, 0.6) is 0 Å². The number of amides is 2. The maximum atomic E-state index is 13.8. The number of piperidine rings is 1. The van der Waals surface area contributed by atoms with E-state index in [9.17, 15) is 18.4 Å². The Labute approximate surface area is 139 Å². The lowest BCUT2D eigenvalue weighted by Gasteiger charge is -2.24. The van der Waals surface area contributed by atoms with Crippen LogP contribution in [0.15, 0.2) is 18.2 Å². The van der Waals surface area contributed by atoms with Crippen LogP contribution in [0.25, 0.3) is 0 Å². The molecule has 128 valence electrons. The third-order valence-corrected chi connectivity index (χ3v) is 5.87. The second kappa shape index (κ2) is 5.26. The van der Waals surface area contributed by atoms with Crippen molar-refractivity contribution in [3.05, 3.63) is 35.4 Å². The summed E-state index contributed by atoms with van der Waals surface area (Å²) in [6.45, 7) is 2.92. The van der Waals surface area contributed by atoms with Gasteiger partial charge in [0.2, 0.25) is 11.8 Å². The van der Waals surface area contributed by atoms with Gasteiger partial charge in [-0.25, -0.2) is 8.78 Å². The van der Waals surface area contributed by atoms with Gasteiger partial charge in [0.25, 0.3) is 0 Å². The molecule has 0 aromatic heterocycles. The van der Waals surface area contributed by atoms with E-state index < -0.39 is 11.6 Å². The number of carbonyl (C=O) groups is 2. The molecule has 4 nitrogen and oxygen atoms in total. The fourth-order valence-corrected chi connectivity index (χ4v) is 4.31. The molecule has 1 aromatic carbocycles. The number of rotatable bonds is 3. The summed E-state index contributed by atoms with van der Waals surface area (Å²) in [7, 11) is 1.81. The average Bonchev–Trinajstić information content (AvgIpc) is 3.41. The first-order chi connectivity index (χ1) is 11.4. The van der Waals surface area contributed by atoms with Crippen LogP contribution in [0.2, 0.25) is 0 Å². The number of nitrogens with zero attached hydrogens (tertiary/aromatic N) is 2. The van der Waals surface area contributed by atoms with Crippen LogP contribution >= 0.6 is 0 Å². The molecule has 4 rings (SSSR count). The lowest BCUT2D eigenvalue weighted by atomic mass is 10.1. The second-order valence-electron chi connectivity index (χ2n) is 7.31. The van der Waals surface area contributed by atoms with E-state index in [2.05, 4.69) is 0 Å². The molecule has 1 aliphatic heterocycles. The fraction of sp³-hybridized carbons (Fsp3) is 0.556. The van der Waals surface area contributed by atoms with Gasteiger partial charge in [0, 0.05) is 56.9 Å². The fourth-order valence-electron chi connectivity index (χ4n) is 4.31. The van der Waals surface area contributed by atoms with Crippen molar-refractivity contribution in [2.45, 2.75) is 25.3 Å². The maximum Gasteiger partial charge on any atom is 0.226 e. The Hall–Kier alpha value is -1.98. The Bertz CT molecular complexity index is 711. The Balaban J connectivity index is 1.36. The van der Waals surface area contributed by atoms with Crippen LogP contribution in [-0.4, -0.2) is 47.8 Å². The Morgan fingerprint density at radius 2 is 1.88 bits per heavy atom. The van der Waals surface area contributed by atoms with Gasteiger partial charge in [-0.15, -0.1) is 0 Å². The van der Waals surface area contributed by atoms with Crippen LogP contribution in [0, 0.1) is 29.4 Å². The van der Waals surface area contributed by atoms with Gasteiger partial charge < -0.3 is 9.80 Å². The minimum atomic E-state index is -0.597. The predicted octanol–water partition coefficient (Wildman–Crippen LogP) is 2.00. The normalized spacial score (nSPS) is 33.2. The first-order valence-electron chi connectivity index (χ1n) is 8.35. The molecule has 2 aliphatic carbocycles. The maximum absolute atomic E-state index is 13.8. The van der Waals surface area contributed by atoms with Crippen LogP contribution in [0.1, 0.15) is 24.8 Å². The van der Waals surface area contributed by atoms with E-state index in [-0.39, 0.29) is 29.7 Å². The van der Waals surface area contributed by atoms with Gasteiger partial charge in [-0.2, -0.15) is 0 Å². The summed E-state index contributed by atoms with van der Waals surface area (Å²) in [6.07, 6.45) is 0.629. The summed E-state index contributed by atoms with van der Waals surface area (Å²) >= 11 is 0. The number of hydrogen-bond donors (Lipinski definition) is 0. The lowest BCUT2D eigenvalue weighted by Crippen LogP contribution is -2.38. The molecule has 1 unspecified atom stereocenters. The van der Waals surface area contributed by atoms with Crippen molar-refractivity contribution in [3.63, 3.8) is 0 Å². The summed E-state index contributed by atoms with van der Waals surface area (Å²) < 4.78 is 26.8. The van der Waals surface area contributed by atoms with Crippen molar-refractivity contribution in [3.8, 4) is 0 Å². The topological polar surface area (TPSA) is 40.6 Å². The Morgan fingerprint density at radius 1 is 1.21 bits per heavy atom. The molecular formula is C18H20F2N2O2. The lowest BCUT2D eigenvalue weighted by molar-refractivity contribution is -0.132. The minimum Gasteiger partial charge on any atom is -0.342 e. The summed E-state index contributed by atoms with van der Waals surface area (Å²) in [5.74, 6) is -0.605. The molecule has 0 radical (unpaired) electrons. The second-order valence-corrected chi connectivity index (χ2v) is 7.31. The van der Waals surface area contributed by atoms with Crippen molar-refractivity contribution < 1.29 is 18.4 Å². The summed E-state index contributed by atoms with van der Waals surface area (Å²) in [4.78, 5) is 27.6. The molecular weight excluding hydrogens is 314 g/mol. The number of carbonyl (C=O) groups excluding carboxylic acids is 2. The Morgan fingerprint density at radius 3 is 2.46 bits per heavy atom. The first-order valence-corrected chi connectivity index (χ1v) is 8.35. The van der Waals surface area contributed by atoms with Gasteiger partial charge in [-0.3, -0.25) is 9.59 Å². The van der Waals surface area contributed by atoms with Gasteiger partial charge in [-0.05, 0) is 24.0 Å². The zero-order valence-corrected chi connectivity index (χ0v) is 13.7. The molecule has 3 aliphatic rings. The predicted molar refractivity (Wildman–Crippen MR) is 83.0 cm³/mol. The van der Waals surface area contributed by atoms with E-state index in [1.807, 2.05) is 11.9 Å². The van der Waals surface area contributed by atoms with Gasteiger partial charge in [0.05, 0.1) is 0 Å². The molecule has 0 bridgehead atoms. The smallest absolute Gasteiger partial charge is 0.226 e. The summed E-state index contributed by atoms with van der Waals surface area (Å²) in [6, 6.07) is 3.83. The Kier molecular flexibility index (Phi) is 3.41. The number of fused-ring (bicyclic) bond motifs is 1. The molecule has 6 heteroatoms. The molecule has 0 N–H and O–H groups in total. The van der Waals surface area contributed by atoms with Crippen LogP contribution in [-0.2, 0) is 9.59 Å². The standard InChI is InChI=1S/C18H20F2N2O2/c1-9(23)21(2)17-14-7-22(8-15(14)17)18(24)13-6-12(13)11-4-3-10(19)5-16(11)20/h3-5,12-15,17H,6-8H2,1-2H3/t12-,13+,14-,15+,17?/m0/s1. The summed E-state index contributed by atoms with van der Waals surface area (Å²) in [5, 5.41) is 0. The van der Waals surface area contributed by atoms with Crippen molar-refractivity contribution in [2.75, 3.05) is 20.1 Å². The average molecular weight is 334 g/mol. The van der Waals surface area contributed by atoms with Gasteiger partial charge in [0.1, 0.15) is 11.6 Å². The largest absolute Gasteiger partial charge is 0.342 e. The number of benzene rings is 1. The van der Waals surface area contributed by atoms with E-state index >= 15 is 0 Å². The van der Waals surface area contributed by atoms with Crippen molar-refractivity contribution in [1.29, 1.82) is 0 Å². The van der Waals surface area contributed by atoms with E-state index in [0.717, 1.165) is 6.07 Å². The molecule has 24 heavy (non-hydrogen) atoms.